The molecule has 4 heteroatoms. The molecule has 0 bridgehead atoms. The molecule has 0 amide bonds. The van der Waals surface area contributed by atoms with Crippen LogP contribution in [0.5, 0.6) is 5.75 Å². The fraction of sp³-hybridized carbons (Fsp3) is 0.294. The maximum atomic E-state index is 13.7. The molecule has 1 heterocycles. The highest BCUT2D eigenvalue weighted by Gasteiger charge is 2.54. The number of fused-ring (bicyclic) bond motifs is 3. The fourth-order valence-electron chi connectivity index (χ4n) is 3.46. The molecular formula is C17H17O3P. The lowest BCUT2D eigenvalue weighted by Gasteiger charge is -2.37. The molecule has 21 heavy (non-hydrogen) atoms. The van der Waals surface area contributed by atoms with Gasteiger partial charge in [-0.1, -0.05) is 36.4 Å². The third-order valence-corrected chi connectivity index (χ3v) is 7.60. The summed E-state index contributed by atoms with van der Waals surface area (Å²) in [5.74, 6) is 0.611. The Morgan fingerprint density at radius 1 is 0.952 bits per heavy atom. The highest BCUT2D eigenvalue weighted by atomic mass is 31.2. The van der Waals surface area contributed by atoms with E-state index in [1.165, 1.54) is 0 Å². The second kappa shape index (κ2) is 4.46. The molecule has 2 aromatic carbocycles. The molecule has 0 radical (unpaired) electrons. The van der Waals surface area contributed by atoms with Crippen LogP contribution in [0.3, 0.4) is 0 Å². The Balaban J connectivity index is 1.98. The SMILES string of the molecule is O=P1(C2(O)CCCC2)Oc2ccccc2-c2ccccc21. The Hall–Kier alpha value is -1.57. The number of hydrogen-bond acceptors (Lipinski definition) is 3. The monoisotopic (exact) mass is 300 g/mol. The van der Waals surface area contributed by atoms with Gasteiger partial charge in [-0.25, -0.2) is 0 Å². The Morgan fingerprint density at radius 3 is 2.33 bits per heavy atom. The van der Waals surface area contributed by atoms with E-state index < -0.39 is 12.7 Å². The van der Waals surface area contributed by atoms with Gasteiger partial charge < -0.3 is 9.63 Å². The van der Waals surface area contributed by atoms with Crippen molar-refractivity contribution in [1.82, 2.24) is 0 Å². The zero-order chi connectivity index (χ0) is 14.5. The molecule has 0 spiro atoms. The first-order valence-electron chi connectivity index (χ1n) is 7.35. The zero-order valence-electron chi connectivity index (χ0n) is 11.7. The Kier molecular flexibility index (Phi) is 2.79. The summed E-state index contributed by atoms with van der Waals surface area (Å²) in [6.45, 7) is 0. The van der Waals surface area contributed by atoms with E-state index in [-0.39, 0.29) is 0 Å². The van der Waals surface area contributed by atoms with Crippen molar-refractivity contribution in [1.29, 1.82) is 0 Å². The highest BCUT2D eigenvalue weighted by molar-refractivity contribution is 7.69. The van der Waals surface area contributed by atoms with Gasteiger partial charge in [0.15, 0.2) is 5.34 Å². The van der Waals surface area contributed by atoms with Crippen LogP contribution in [0.4, 0.5) is 0 Å². The molecular weight excluding hydrogens is 283 g/mol. The second-order valence-electron chi connectivity index (χ2n) is 5.85. The molecule has 3 nitrogen and oxygen atoms in total. The van der Waals surface area contributed by atoms with Crippen LogP contribution >= 0.6 is 7.37 Å². The van der Waals surface area contributed by atoms with Gasteiger partial charge >= 0.3 is 7.37 Å². The summed E-state index contributed by atoms with van der Waals surface area (Å²) in [7, 11) is -3.34. The van der Waals surface area contributed by atoms with Gasteiger partial charge in [0.1, 0.15) is 5.75 Å². The predicted molar refractivity (Wildman–Crippen MR) is 83.2 cm³/mol. The van der Waals surface area contributed by atoms with Gasteiger partial charge in [0.2, 0.25) is 0 Å². The quantitative estimate of drug-likeness (QED) is 0.812. The van der Waals surface area contributed by atoms with Gasteiger partial charge in [-0.05, 0) is 43.4 Å². The topological polar surface area (TPSA) is 46.5 Å². The summed E-state index contributed by atoms with van der Waals surface area (Å²) in [4.78, 5) is 0. The van der Waals surface area contributed by atoms with Gasteiger partial charge in [-0.15, -0.1) is 0 Å². The highest BCUT2D eigenvalue weighted by Crippen LogP contribution is 2.66. The van der Waals surface area contributed by atoms with E-state index in [1.807, 2.05) is 48.5 Å². The lowest BCUT2D eigenvalue weighted by atomic mass is 10.0. The summed E-state index contributed by atoms with van der Waals surface area (Å²) in [5.41, 5.74) is 1.86. The number of aliphatic hydroxyl groups is 1. The smallest absolute Gasteiger partial charge is 0.308 e. The van der Waals surface area contributed by atoms with Crippen LogP contribution in [-0.4, -0.2) is 10.4 Å². The molecule has 0 saturated heterocycles. The van der Waals surface area contributed by atoms with E-state index in [1.54, 1.807) is 0 Å². The molecule has 1 fully saturated rings. The van der Waals surface area contributed by atoms with Crippen molar-refractivity contribution in [2.75, 3.05) is 0 Å². The summed E-state index contributed by atoms with van der Waals surface area (Å²) < 4.78 is 19.6. The third-order valence-electron chi connectivity index (χ3n) is 4.58. The first kappa shape index (κ1) is 13.1. The van der Waals surface area contributed by atoms with E-state index in [2.05, 4.69) is 0 Å². The number of benzene rings is 2. The lowest BCUT2D eigenvalue weighted by molar-refractivity contribution is 0.121. The van der Waals surface area contributed by atoms with Crippen molar-refractivity contribution in [3.05, 3.63) is 48.5 Å². The molecule has 108 valence electrons. The van der Waals surface area contributed by atoms with Crippen LogP contribution in [0.2, 0.25) is 0 Å². The van der Waals surface area contributed by atoms with Crippen LogP contribution < -0.4 is 9.83 Å². The molecule has 1 aliphatic carbocycles. The van der Waals surface area contributed by atoms with Crippen LogP contribution in [0.25, 0.3) is 11.1 Å². The van der Waals surface area contributed by atoms with E-state index >= 15 is 0 Å². The molecule has 1 saturated carbocycles. The molecule has 2 aliphatic rings. The van der Waals surface area contributed by atoms with Gasteiger partial charge in [-0.2, -0.15) is 0 Å². The van der Waals surface area contributed by atoms with Gasteiger partial charge in [0, 0.05) is 5.56 Å². The van der Waals surface area contributed by atoms with E-state index in [0.29, 0.717) is 23.9 Å². The summed E-state index contributed by atoms with van der Waals surface area (Å²) in [5, 5.41) is 10.4. The molecule has 0 aromatic heterocycles. The van der Waals surface area contributed by atoms with Crippen molar-refractivity contribution in [3.63, 3.8) is 0 Å². The molecule has 4 rings (SSSR count). The minimum atomic E-state index is -3.34. The van der Waals surface area contributed by atoms with E-state index in [4.69, 9.17) is 4.52 Å². The maximum absolute atomic E-state index is 13.7. The number of para-hydroxylation sites is 1. The van der Waals surface area contributed by atoms with Crippen LogP contribution in [-0.2, 0) is 4.57 Å². The first-order valence-corrected chi connectivity index (χ1v) is 8.98. The Labute approximate surface area is 124 Å². The Morgan fingerprint density at radius 2 is 1.57 bits per heavy atom. The van der Waals surface area contributed by atoms with Gasteiger partial charge in [0.25, 0.3) is 0 Å². The summed E-state index contributed by atoms with van der Waals surface area (Å²) in [6, 6.07) is 15.2. The first-order chi connectivity index (χ1) is 10.1. The average molecular weight is 300 g/mol. The van der Waals surface area contributed by atoms with Gasteiger partial charge in [-0.3, -0.25) is 4.57 Å². The molecule has 1 aliphatic heterocycles. The minimum Gasteiger partial charge on any atom is -0.437 e. The van der Waals surface area contributed by atoms with Crippen LogP contribution in [0, 0.1) is 0 Å². The maximum Gasteiger partial charge on any atom is 0.308 e. The molecule has 2 aromatic rings. The standard InChI is InChI=1S/C17H17O3P/c18-17(11-5-6-12-17)21(19)16-10-4-2-8-14(16)13-7-1-3-9-15(13)20-21/h1-4,7-10,18H,5-6,11-12H2. The van der Waals surface area contributed by atoms with Crippen molar-refractivity contribution in [3.8, 4) is 16.9 Å². The predicted octanol–water partition coefficient (Wildman–Crippen LogP) is 3.91. The number of hydrogen-bond donors (Lipinski definition) is 1. The normalized spacial score (nSPS) is 25.8. The van der Waals surface area contributed by atoms with E-state index in [9.17, 15) is 9.67 Å². The molecule has 1 atom stereocenters. The number of rotatable bonds is 1. The van der Waals surface area contributed by atoms with Crippen molar-refractivity contribution in [2.24, 2.45) is 0 Å². The van der Waals surface area contributed by atoms with Crippen molar-refractivity contribution < 1.29 is 14.2 Å². The second-order valence-corrected chi connectivity index (χ2v) is 8.45. The third kappa shape index (κ3) is 1.74. The van der Waals surface area contributed by atoms with Crippen LogP contribution in [0.15, 0.2) is 48.5 Å². The van der Waals surface area contributed by atoms with Crippen LogP contribution in [0.1, 0.15) is 25.7 Å². The van der Waals surface area contributed by atoms with Crippen molar-refractivity contribution >= 4 is 12.7 Å². The zero-order valence-corrected chi connectivity index (χ0v) is 12.6. The van der Waals surface area contributed by atoms with Crippen molar-refractivity contribution in [2.45, 2.75) is 31.0 Å². The minimum absolute atomic E-state index is 0.542. The molecule has 1 unspecified atom stereocenters. The lowest BCUT2D eigenvalue weighted by Crippen LogP contribution is -2.35. The average Bonchev–Trinajstić information content (AvgIpc) is 2.96. The fourth-order valence-corrected chi connectivity index (χ4v) is 6.31. The summed E-state index contributed by atoms with van der Waals surface area (Å²) >= 11 is 0. The molecule has 1 N–H and O–H groups in total. The largest absolute Gasteiger partial charge is 0.437 e. The van der Waals surface area contributed by atoms with E-state index in [0.717, 1.165) is 24.0 Å². The van der Waals surface area contributed by atoms with Gasteiger partial charge in [0.05, 0.1) is 5.30 Å². The summed E-state index contributed by atoms with van der Waals surface area (Å²) in [6.07, 6.45) is 2.88. The Bertz CT molecular complexity index is 747.